The van der Waals surface area contributed by atoms with E-state index in [9.17, 15) is 13.2 Å². The molecule has 1 rings (SSSR count). The molecule has 0 saturated carbocycles. The molecule has 1 aromatic heterocycles. The largest absolute Gasteiger partial charge is 0.462 e. The van der Waals surface area contributed by atoms with Crippen LogP contribution in [-0.2, 0) is 14.8 Å². The summed E-state index contributed by atoms with van der Waals surface area (Å²) in [6.07, 6.45) is 0.602. The van der Waals surface area contributed by atoms with Crippen LogP contribution in [0.15, 0.2) is 6.07 Å². The molecule has 0 spiro atoms. The normalized spacial score (nSPS) is 11.7. The summed E-state index contributed by atoms with van der Waals surface area (Å²) in [6, 6.07) is 1.66. The zero-order chi connectivity index (χ0) is 15.3. The maximum atomic E-state index is 11.9. The summed E-state index contributed by atoms with van der Waals surface area (Å²) in [6.45, 7) is 7.74. The number of carbonyl (C=O) groups excluding carboxylic acids is 1. The van der Waals surface area contributed by atoms with Crippen molar-refractivity contribution in [1.82, 2.24) is 0 Å². The number of aryl methyl sites for hydroxylation is 1. The van der Waals surface area contributed by atoms with E-state index in [1.54, 1.807) is 19.9 Å². The second-order valence-corrected chi connectivity index (χ2v) is 7.84. The first kappa shape index (κ1) is 17.0. The molecule has 1 heterocycles. The highest BCUT2D eigenvalue weighted by atomic mass is 32.2. The van der Waals surface area contributed by atoms with Crippen LogP contribution in [-0.4, -0.2) is 26.7 Å². The fourth-order valence-electron chi connectivity index (χ4n) is 1.53. The molecule has 114 valence electrons. The first-order chi connectivity index (χ1) is 9.25. The molecule has 0 aliphatic heterocycles. The average Bonchev–Trinajstić information content (AvgIpc) is 2.67. The van der Waals surface area contributed by atoms with Crippen LogP contribution in [0.2, 0.25) is 0 Å². The van der Waals surface area contributed by atoms with Crippen molar-refractivity contribution in [3.05, 3.63) is 16.5 Å². The van der Waals surface area contributed by atoms with Crippen molar-refractivity contribution in [1.29, 1.82) is 0 Å². The molecule has 1 N–H and O–H groups in total. The number of thiophene rings is 1. The Bertz CT molecular complexity index is 561. The Labute approximate surface area is 124 Å². The Morgan fingerprint density at radius 3 is 2.65 bits per heavy atom. The lowest BCUT2D eigenvalue weighted by Crippen LogP contribution is -2.17. The number of hydrogen-bond donors (Lipinski definition) is 1. The van der Waals surface area contributed by atoms with E-state index in [0.29, 0.717) is 28.8 Å². The Morgan fingerprint density at radius 2 is 2.10 bits per heavy atom. The van der Waals surface area contributed by atoms with Crippen molar-refractivity contribution in [2.45, 2.75) is 34.1 Å². The molecule has 0 unspecified atom stereocenters. The summed E-state index contributed by atoms with van der Waals surface area (Å²) in [5, 5.41) is 0.453. The van der Waals surface area contributed by atoms with E-state index in [0.717, 1.165) is 16.9 Å². The fourth-order valence-corrected chi connectivity index (χ4v) is 4.14. The van der Waals surface area contributed by atoms with Crippen molar-refractivity contribution < 1.29 is 17.9 Å². The number of rotatable bonds is 7. The number of nitrogens with one attached hydrogen (secondary N) is 1. The van der Waals surface area contributed by atoms with Gasteiger partial charge in [0, 0.05) is 0 Å². The molecule has 0 aliphatic carbocycles. The molecule has 20 heavy (non-hydrogen) atoms. The summed E-state index contributed by atoms with van der Waals surface area (Å²) in [5.74, 6) is -0.00883. The van der Waals surface area contributed by atoms with Gasteiger partial charge in [-0.25, -0.2) is 13.2 Å². The molecule has 0 bridgehead atoms. The number of esters is 1. The van der Waals surface area contributed by atoms with Gasteiger partial charge in [0.05, 0.1) is 12.4 Å². The van der Waals surface area contributed by atoms with Crippen molar-refractivity contribution in [3.63, 3.8) is 0 Å². The molecule has 1 aromatic rings. The lowest BCUT2D eigenvalue weighted by atomic mass is 10.2. The highest BCUT2D eigenvalue weighted by Gasteiger charge is 2.18. The topological polar surface area (TPSA) is 72.5 Å². The number of ether oxygens (including phenoxy) is 1. The number of hydrogen-bond acceptors (Lipinski definition) is 5. The van der Waals surface area contributed by atoms with Gasteiger partial charge < -0.3 is 4.74 Å². The molecular weight excluding hydrogens is 298 g/mol. The Hall–Kier alpha value is -1.08. The molecule has 0 amide bonds. The van der Waals surface area contributed by atoms with Gasteiger partial charge >= 0.3 is 5.97 Å². The van der Waals surface area contributed by atoms with Crippen LogP contribution >= 0.6 is 11.3 Å². The lowest BCUT2D eigenvalue weighted by Gasteiger charge is -2.07. The fraction of sp³-hybridized carbons (Fsp3) is 0.615. The number of sulfonamides is 1. The van der Waals surface area contributed by atoms with E-state index >= 15 is 0 Å². The monoisotopic (exact) mass is 319 g/mol. The summed E-state index contributed by atoms with van der Waals surface area (Å²) in [5.41, 5.74) is 0.718. The Kier molecular flexibility index (Phi) is 6.01. The van der Waals surface area contributed by atoms with E-state index in [1.807, 2.05) is 13.8 Å². The molecular formula is C13H21NO4S2. The van der Waals surface area contributed by atoms with Crippen molar-refractivity contribution in [3.8, 4) is 0 Å². The molecule has 5 nitrogen and oxygen atoms in total. The summed E-state index contributed by atoms with van der Waals surface area (Å²) < 4.78 is 31.2. The minimum atomic E-state index is -3.36. The molecule has 0 aliphatic rings. The second-order valence-electron chi connectivity index (χ2n) is 4.95. The van der Waals surface area contributed by atoms with Gasteiger partial charge in [-0.3, -0.25) is 4.72 Å². The van der Waals surface area contributed by atoms with E-state index in [1.165, 1.54) is 0 Å². The van der Waals surface area contributed by atoms with Crippen molar-refractivity contribution in [2.75, 3.05) is 17.1 Å². The molecule has 0 atom stereocenters. The van der Waals surface area contributed by atoms with Crippen molar-refractivity contribution in [2.24, 2.45) is 5.92 Å². The first-order valence-electron chi connectivity index (χ1n) is 6.53. The zero-order valence-corrected chi connectivity index (χ0v) is 13.9. The minimum absolute atomic E-state index is 0.0797. The van der Waals surface area contributed by atoms with Crippen LogP contribution in [0.3, 0.4) is 0 Å². The lowest BCUT2D eigenvalue weighted by molar-refractivity contribution is 0.0531. The highest BCUT2D eigenvalue weighted by molar-refractivity contribution is 7.92. The third-order valence-electron chi connectivity index (χ3n) is 2.60. The molecule has 0 radical (unpaired) electrons. The highest BCUT2D eigenvalue weighted by Crippen LogP contribution is 2.28. The van der Waals surface area contributed by atoms with Crippen LogP contribution in [0.4, 0.5) is 5.00 Å². The van der Waals surface area contributed by atoms with Crippen LogP contribution in [0.25, 0.3) is 0 Å². The predicted octanol–water partition coefficient (Wildman–Crippen LogP) is 3.02. The van der Waals surface area contributed by atoms with Gasteiger partial charge in [0.25, 0.3) is 0 Å². The molecule has 0 aromatic carbocycles. The van der Waals surface area contributed by atoms with Crippen LogP contribution in [0.5, 0.6) is 0 Å². The van der Waals surface area contributed by atoms with Gasteiger partial charge in [0.2, 0.25) is 10.0 Å². The van der Waals surface area contributed by atoms with E-state index in [4.69, 9.17) is 4.74 Å². The SMILES string of the molecule is CCOC(=O)c1sc(NS(=O)(=O)CCC(C)C)cc1C. The molecule has 7 heteroatoms. The van der Waals surface area contributed by atoms with Gasteiger partial charge in [0.1, 0.15) is 9.88 Å². The minimum Gasteiger partial charge on any atom is -0.462 e. The molecule has 0 fully saturated rings. The maximum absolute atomic E-state index is 11.9. The summed E-state index contributed by atoms with van der Waals surface area (Å²) in [7, 11) is -3.36. The third-order valence-corrected chi connectivity index (χ3v) is 5.16. The van der Waals surface area contributed by atoms with Crippen molar-refractivity contribution >= 4 is 32.3 Å². The zero-order valence-electron chi connectivity index (χ0n) is 12.2. The standard InChI is InChI=1S/C13H21NO4S2/c1-5-18-13(15)12-10(4)8-11(19-12)14-20(16,17)7-6-9(2)3/h8-9,14H,5-7H2,1-4H3. The molecule has 0 saturated heterocycles. The van der Waals surface area contributed by atoms with Gasteiger partial charge in [-0.05, 0) is 37.8 Å². The smallest absolute Gasteiger partial charge is 0.348 e. The van der Waals surface area contributed by atoms with Crippen LogP contribution in [0.1, 0.15) is 42.4 Å². The quantitative estimate of drug-likeness (QED) is 0.784. The van der Waals surface area contributed by atoms with Gasteiger partial charge in [0.15, 0.2) is 0 Å². The average molecular weight is 319 g/mol. The number of carbonyl (C=O) groups is 1. The van der Waals surface area contributed by atoms with Gasteiger partial charge in [-0.15, -0.1) is 11.3 Å². The third kappa shape index (κ3) is 5.13. The summed E-state index contributed by atoms with van der Waals surface area (Å²) in [4.78, 5) is 12.1. The van der Waals surface area contributed by atoms with E-state index in [-0.39, 0.29) is 5.75 Å². The van der Waals surface area contributed by atoms with E-state index < -0.39 is 16.0 Å². The maximum Gasteiger partial charge on any atom is 0.348 e. The Balaban J connectivity index is 2.79. The van der Waals surface area contributed by atoms with Gasteiger partial charge in [-0.2, -0.15) is 0 Å². The van der Waals surface area contributed by atoms with E-state index in [2.05, 4.69) is 4.72 Å². The van der Waals surface area contributed by atoms with Crippen LogP contribution in [0, 0.1) is 12.8 Å². The van der Waals surface area contributed by atoms with Crippen LogP contribution < -0.4 is 4.72 Å². The summed E-state index contributed by atoms with van der Waals surface area (Å²) >= 11 is 1.10. The predicted molar refractivity (Wildman–Crippen MR) is 81.9 cm³/mol. The van der Waals surface area contributed by atoms with Gasteiger partial charge in [-0.1, -0.05) is 13.8 Å². The number of anilines is 1. The first-order valence-corrected chi connectivity index (χ1v) is 9.00. The second kappa shape index (κ2) is 7.08. The Morgan fingerprint density at radius 1 is 1.45 bits per heavy atom.